The Morgan fingerprint density at radius 2 is 1.46 bits per heavy atom. The average molecular weight is 611 g/mol. The van der Waals surface area contributed by atoms with E-state index in [-0.39, 0.29) is 5.56 Å². The summed E-state index contributed by atoms with van der Waals surface area (Å²) in [6, 6.07) is 4.59. The molecule has 0 heterocycles. The molecule has 0 amide bonds. The average Bonchev–Trinajstić information content (AvgIpc) is 2.50. The molecule has 0 aliphatic heterocycles. The van der Waals surface area contributed by atoms with Gasteiger partial charge in [0.1, 0.15) is 13.2 Å². The summed E-state index contributed by atoms with van der Waals surface area (Å²) in [6.07, 6.45) is -12.9. The van der Waals surface area contributed by atoms with Crippen molar-refractivity contribution >= 4 is 57.1 Å². The molecule has 13 heteroatoms. The van der Waals surface area contributed by atoms with Crippen LogP contribution in [0.15, 0.2) is 18.2 Å². The van der Waals surface area contributed by atoms with Crippen molar-refractivity contribution in [2.75, 3.05) is 13.2 Å². The molecule has 1 aromatic rings. The molecule has 0 saturated carbocycles. The Morgan fingerprint density at radius 3 is 1.96 bits per heavy atom. The third-order valence-corrected chi connectivity index (χ3v) is 5.90. The van der Waals surface area contributed by atoms with Gasteiger partial charge in [-0.1, -0.05) is 6.07 Å². The van der Waals surface area contributed by atoms with Crippen LogP contribution in [0, 0.1) is 7.14 Å². The Labute approximate surface area is 169 Å². The molecule has 26 heavy (non-hydrogen) atoms. The lowest BCUT2D eigenvalue weighted by Gasteiger charge is -2.40. The number of rotatable bonds is 5. The molecule has 0 unspecified atom stereocenters. The van der Waals surface area contributed by atoms with E-state index in [0.717, 1.165) is 0 Å². The topological polar surface area (TPSA) is 75.7 Å². The summed E-state index contributed by atoms with van der Waals surface area (Å²) in [5, 5.41) is 11.0. The highest BCUT2D eigenvalue weighted by atomic mass is 127. The van der Waals surface area contributed by atoms with Crippen LogP contribution in [0.1, 0.15) is 10.4 Å². The molecular weight excluding hydrogens is 604 g/mol. The van der Waals surface area contributed by atoms with Gasteiger partial charge in [0.05, 0.1) is 5.56 Å². The van der Waals surface area contributed by atoms with E-state index in [1.54, 1.807) is 6.07 Å². The first-order valence-electron chi connectivity index (χ1n) is 6.35. The van der Waals surface area contributed by atoms with Crippen LogP contribution in [0.4, 0.5) is 26.3 Å². The first kappa shape index (κ1) is 23.2. The minimum Gasteiger partial charge on any atom is -0.828 e. The summed E-state index contributed by atoms with van der Waals surface area (Å²) < 4.78 is 83.8. The van der Waals surface area contributed by atoms with Crippen LogP contribution in [0.2, 0.25) is 0 Å². The van der Waals surface area contributed by atoms with Gasteiger partial charge >= 0.3 is 24.3 Å². The molecule has 0 fully saturated rings. The van der Waals surface area contributed by atoms with E-state index in [1.165, 1.54) is 12.1 Å². The number of halogens is 8. The lowest BCUT2D eigenvalue weighted by atomic mass is 10.0. The summed E-state index contributed by atoms with van der Waals surface area (Å²) in [5.41, 5.74) is -5.82. The van der Waals surface area contributed by atoms with Gasteiger partial charge in [-0.05, 0) is 57.3 Å². The van der Waals surface area contributed by atoms with E-state index in [1.807, 2.05) is 45.2 Å². The SMILES string of the molecule is O=C(OCCOC(=O)C([O-])(C(F)(F)F)C(F)(F)F)c1cccc(I)c1I. The number of carbonyl (C=O) groups is 2. The number of carbonyl (C=O) groups excluding carboxylic acids is 2. The number of ether oxygens (including phenoxy) is 2. The molecule has 146 valence electrons. The van der Waals surface area contributed by atoms with Crippen LogP contribution >= 0.6 is 45.2 Å². The zero-order chi connectivity index (χ0) is 20.3. The molecule has 1 aromatic carbocycles. The summed E-state index contributed by atoms with van der Waals surface area (Å²) >= 11 is 3.76. The lowest BCUT2D eigenvalue weighted by molar-refractivity contribution is -0.574. The largest absolute Gasteiger partial charge is 0.828 e. The summed E-state index contributed by atoms with van der Waals surface area (Å²) in [4.78, 5) is 22.8. The molecular formula is C13H7F6I2O5-. The monoisotopic (exact) mass is 611 g/mol. The fourth-order valence-corrected chi connectivity index (χ4v) is 2.58. The van der Waals surface area contributed by atoms with E-state index in [4.69, 9.17) is 0 Å². The molecule has 0 radical (unpaired) electrons. The van der Waals surface area contributed by atoms with Gasteiger partial charge < -0.3 is 14.6 Å². The van der Waals surface area contributed by atoms with Gasteiger partial charge in [0.2, 0.25) is 0 Å². The Bertz CT molecular complexity index is 675. The van der Waals surface area contributed by atoms with Crippen LogP contribution in [0.5, 0.6) is 0 Å². The zero-order valence-electron chi connectivity index (χ0n) is 12.2. The molecule has 0 spiro atoms. The Morgan fingerprint density at radius 1 is 0.962 bits per heavy atom. The van der Waals surface area contributed by atoms with Crippen molar-refractivity contribution < 1.29 is 50.5 Å². The second-order valence-electron chi connectivity index (χ2n) is 4.55. The van der Waals surface area contributed by atoms with Crippen LogP contribution in [0.3, 0.4) is 0 Å². The summed E-state index contributed by atoms with van der Waals surface area (Å²) in [7, 11) is 0. The maximum absolute atomic E-state index is 12.4. The highest BCUT2D eigenvalue weighted by Gasteiger charge is 2.68. The Balaban J connectivity index is 2.69. The minimum atomic E-state index is -6.45. The minimum absolute atomic E-state index is 0.104. The van der Waals surface area contributed by atoms with Crippen LogP contribution in [-0.4, -0.2) is 43.1 Å². The highest BCUT2D eigenvalue weighted by molar-refractivity contribution is 14.1. The number of benzene rings is 1. The Hall–Kier alpha value is -0.840. The first-order chi connectivity index (χ1) is 11.7. The van der Waals surface area contributed by atoms with Gasteiger partial charge in [-0.2, -0.15) is 26.3 Å². The zero-order valence-corrected chi connectivity index (χ0v) is 16.5. The summed E-state index contributed by atoms with van der Waals surface area (Å²) in [6.45, 7) is -1.99. The van der Waals surface area contributed by atoms with E-state index in [0.29, 0.717) is 7.14 Å². The molecule has 0 N–H and O–H groups in total. The fraction of sp³-hybridized carbons (Fsp3) is 0.385. The second kappa shape index (κ2) is 8.45. The van der Waals surface area contributed by atoms with Crippen molar-refractivity contribution in [3.63, 3.8) is 0 Å². The number of hydrogen-bond donors (Lipinski definition) is 0. The third-order valence-electron chi connectivity index (χ3n) is 2.81. The van der Waals surface area contributed by atoms with Crippen LogP contribution < -0.4 is 5.11 Å². The van der Waals surface area contributed by atoms with Crippen molar-refractivity contribution in [1.29, 1.82) is 0 Å². The van der Waals surface area contributed by atoms with Crippen LogP contribution in [0.25, 0.3) is 0 Å². The van der Waals surface area contributed by atoms with Crippen molar-refractivity contribution in [3.8, 4) is 0 Å². The molecule has 0 aliphatic carbocycles. The van der Waals surface area contributed by atoms with E-state index in [9.17, 15) is 41.0 Å². The highest BCUT2D eigenvalue weighted by Crippen LogP contribution is 2.41. The number of esters is 2. The van der Waals surface area contributed by atoms with Crippen molar-refractivity contribution in [2.24, 2.45) is 0 Å². The van der Waals surface area contributed by atoms with Gasteiger partial charge in [0.15, 0.2) is 5.60 Å². The standard InChI is InChI=1S/C13H7F6I2O5/c14-12(15,16)11(24,13(17,18)19)10(23)26-5-4-25-9(22)6-2-1-3-7(20)8(6)21/h1-3H,4-5H2/q-1. The van der Waals surface area contributed by atoms with Gasteiger partial charge in [0.25, 0.3) is 0 Å². The van der Waals surface area contributed by atoms with E-state index < -0.39 is 43.1 Å². The molecule has 5 nitrogen and oxygen atoms in total. The molecule has 0 aromatic heterocycles. The summed E-state index contributed by atoms with van der Waals surface area (Å²) in [5.74, 6) is -4.00. The van der Waals surface area contributed by atoms with E-state index in [2.05, 4.69) is 9.47 Å². The quantitative estimate of drug-likeness (QED) is 0.222. The van der Waals surface area contributed by atoms with Gasteiger partial charge in [0, 0.05) is 7.14 Å². The van der Waals surface area contributed by atoms with E-state index >= 15 is 0 Å². The van der Waals surface area contributed by atoms with Gasteiger partial charge in [-0.25, -0.2) is 4.79 Å². The van der Waals surface area contributed by atoms with Crippen molar-refractivity contribution in [2.45, 2.75) is 18.0 Å². The smallest absolute Gasteiger partial charge is 0.399 e. The predicted molar refractivity (Wildman–Crippen MR) is 88.0 cm³/mol. The lowest BCUT2D eigenvalue weighted by Crippen LogP contribution is -2.71. The maximum Gasteiger partial charge on any atom is 0.399 e. The third kappa shape index (κ3) is 4.90. The van der Waals surface area contributed by atoms with Crippen molar-refractivity contribution in [1.82, 2.24) is 0 Å². The van der Waals surface area contributed by atoms with Crippen LogP contribution in [-0.2, 0) is 14.3 Å². The number of hydrogen-bond acceptors (Lipinski definition) is 5. The number of alkyl halides is 6. The predicted octanol–water partition coefficient (Wildman–Crippen LogP) is 2.82. The molecule has 0 atom stereocenters. The molecule has 1 rings (SSSR count). The maximum atomic E-state index is 12.4. The first-order valence-corrected chi connectivity index (χ1v) is 8.51. The second-order valence-corrected chi connectivity index (χ2v) is 6.79. The molecule has 0 bridgehead atoms. The normalized spacial score (nSPS) is 12.7. The fourth-order valence-electron chi connectivity index (χ4n) is 1.50. The molecule has 0 aliphatic rings. The van der Waals surface area contributed by atoms with Gasteiger partial charge in [-0.15, -0.1) is 0 Å². The molecule has 0 saturated heterocycles. The van der Waals surface area contributed by atoms with Crippen molar-refractivity contribution in [3.05, 3.63) is 30.9 Å². The Kier molecular flexibility index (Phi) is 7.54. The van der Waals surface area contributed by atoms with Gasteiger partial charge in [-0.3, -0.25) is 4.79 Å².